The van der Waals surface area contributed by atoms with Crippen LogP contribution in [0.4, 0.5) is 0 Å². The van der Waals surface area contributed by atoms with Gasteiger partial charge in [0.15, 0.2) is 9.84 Å². The highest BCUT2D eigenvalue weighted by atomic mass is 32.2. The van der Waals surface area contributed by atoms with Crippen LogP contribution in [0.5, 0.6) is 0 Å². The Kier molecular flexibility index (Phi) is 5.08. The van der Waals surface area contributed by atoms with Crippen molar-refractivity contribution in [3.05, 3.63) is 30.3 Å². The lowest BCUT2D eigenvalue weighted by molar-refractivity contribution is -0.126. The average Bonchev–Trinajstić information content (AvgIpc) is 2.64. The fourth-order valence-electron chi connectivity index (χ4n) is 6.53. The molecule has 0 radical (unpaired) electrons. The Morgan fingerprint density at radius 1 is 1.07 bits per heavy atom. The molecule has 0 heterocycles. The summed E-state index contributed by atoms with van der Waals surface area (Å²) in [5.41, 5.74) is 0.261. The zero-order valence-corrected chi connectivity index (χ0v) is 17.0. The molecule has 0 spiro atoms. The molecule has 0 aliphatic heterocycles. The maximum Gasteiger partial charge on any atom is 0.221 e. The Labute approximate surface area is 163 Å². The molecule has 1 atom stereocenters. The van der Waals surface area contributed by atoms with E-state index in [1.54, 1.807) is 30.3 Å². The number of benzene rings is 1. The molecule has 0 unspecified atom stereocenters. The van der Waals surface area contributed by atoms with Crippen LogP contribution in [-0.4, -0.2) is 26.1 Å². The molecule has 4 saturated carbocycles. The van der Waals surface area contributed by atoms with E-state index in [1.165, 1.54) is 38.5 Å². The summed E-state index contributed by atoms with van der Waals surface area (Å²) >= 11 is 0. The van der Waals surface area contributed by atoms with Crippen LogP contribution in [0.25, 0.3) is 0 Å². The topological polar surface area (TPSA) is 63.2 Å². The largest absolute Gasteiger partial charge is 0.353 e. The Hall–Kier alpha value is -1.36. The molecule has 4 aliphatic rings. The van der Waals surface area contributed by atoms with E-state index in [1.807, 2.05) is 0 Å². The van der Waals surface area contributed by atoms with Crippen molar-refractivity contribution in [3.63, 3.8) is 0 Å². The SMILES string of the molecule is CC[C@H](NC(=O)CCS(=O)(=O)c1ccccc1)C12CC3CC(CC(C3)C1)C2. The van der Waals surface area contributed by atoms with Crippen LogP contribution < -0.4 is 5.32 Å². The third kappa shape index (κ3) is 3.80. The molecule has 0 saturated heterocycles. The van der Waals surface area contributed by atoms with Gasteiger partial charge in [0.2, 0.25) is 5.91 Å². The van der Waals surface area contributed by atoms with Crippen LogP contribution >= 0.6 is 0 Å². The third-order valence-corrected chi connectivity index (χ3v) is 9.00. The zero-order valence-electron chi connectivity index (χ0n) is 16.2. The van der Waals surface area contributed by atoms with E-state index in [-0.39, 0.29) is 29.5 Å². The Balaban J connectivity index is 1.38. The summed E-state index contributed by atoms with van der Waals surface area (Å²) in [6.07, 6.45) is 8.89. The second-order valence-corrected chi connectivity index (χ2v) is 11.3. The van der Waals surface area contributed by atoms with Crippen molar-refractivity contribution in [2.75, 3.05) is 5.75 Å². The molecule has 5 rings (SSSR count). The molecule has 4 nitrogen and oxygen atoms in total. The second-order valence-electron chi connectivity index (χ2n) is 9.19. The Bertz CT molecular complexity index is 752. The lowest BCUT2D eigenvalue weighted by Crippen LogP contribution is -2.56. The summed E-state index contributed by atoms with van der Waals surface area (Å²) < 4.78 is 24.9. The minimum Gasteiger partial charge on any atom is -0.353 e. The van der Waals surface area contributed by atoms with E-state index in [2.05, 4.69) is 12.2 Å². The normalized spacial score (nSPS) is 33.0. The number of hydrogen-bond acceptors (Lipinski definition) is 3. The van der Waals surface area contributed by atoms with Crippen molar-refractivity contribution >= 4 is 15.7 Å². The van der Waals surface area contributed by atoms with Gasteiger partial charge in [0.05, 0.1) is 10.6 Å². The van der Waals surface area contributed by atoms with Gasteiger partial charge in [-0.2, -0.15) is 0 Å². The summed E-state index contributed by atoms with van der Waals surface area (Å²) in [7, 11) is -3.40. The van der Waals surface area contributed by atoms with Gasteiger partial charge < -0.3 is 5.32 Å². The van der Waals surface area contributed by atoms with Gasteiger partial charge in [0.1, 0.15) is 0 Å². The van der Waals surface area contributed by atoms with Gasteiger partial charge in [0, 0.05) is 12.5 Å². The van der Waals surface area contributed by atoms with Gasteiger partial charge >= 0.3 is 0 Å². The molecule has 27 heavy (non-hydrogen) atoms. The van der Waals surface area contributed by atoms with Crippen molar-refractivity contribution in [3.8, 4) is 0 Å². The lowest BCUT2D eigenvalue weighted by atomic mass is 9.47. The molecule has 1 aromatic carbocycles. The first-order valence-corrected chi connectivity index (χ1v) is 12.1. The number of amides is 1. The molecular formula is C22H31NO3S. The average molecular weight is 390 g/mol. The molecular weight excluding hydrogens is 358 g/mol. The number of sulfone groups is 1. The van der Waals surface area contributed by atoms with Crippen molar-refractivity contribution in [1.29, 1.82) is 0 Å². The van der Waals surface area contributed by atoms with Gasteiger partial charge in [-0.1, -0.05) is 25.1 Å². The fourth-order valence-corrected chi connectivity index (χ4v) is 7.79. The number of hydrogen-bond donors (Lipinski definition) is 1. The standard InChI is InChI=1S/C22H31NO3S/c1-2-20(22-13-16-10-17(14-22)12-18(11-16)15-22)23-21(24)8-9-27(25,26)19-6-4-3-5-7-19/h3-7,16-18,20H,2,8-15H2,1H3,(H,23,24)/t16?,17?,18?,20-,22?/m0/s1. The first-order valence-electron chi connectivity index (χ1n) is 10.5. The van der Waals surface area contributed by atoms with Crippen LogP contribution in [0.1, 0.15) is 58.3 Å². The Morgan fingerprint density at radius 3 is 2.15 bits per heavy atom. The van der Waals surface area contributed by atoms with Gasteiger partial charge in [-0.05, 0) is 80.2 Å². The van der Waals surface area contributed by atoms with Crippen LogP contribution in [0.2, 0.25) is 0 Å². The van der Waals surface area contributed by atoms with Crippen molar-refractivity contribution in [1.82, 2.24) is 5.32 Å². The number of carbonyl (C=O) groups is 1. The van der Waals surface area contributed by atoms with E-state index in [0.717, 1.165) is 24.2 Å². The predicted octanol–water partition coefficient (Wildman–Crippen LogP) is 3.96. The monoisotopic (exact) mass is 389 g/mol. The third-order valence-electron chi connectivity index (χ3n) is 7.27. The first-order chi connectivity index (χ1) is 12.9. The molecule has 1 amide bonds. The minimum atomic E-state index is -3.40. The molecule has 0 aromatic heterocycles. The molecule has 4 fully saturated rings. The van der Waals surface area contributed by atoms with Crippen molar-refractivity contribution < 1.29 is 13.2 Å². The fraction of sp³-hybridized carbons (Fsp3) is 0.682. The predicted molar refractivity (Wildman–Crippen MR) is 106 cm³/mol. The smallest absolute Gasteiger partial charge is 0.221 e. The minimum absolute atomic E-state index is 0.0418. The highest BCUT2D eigenvalue weighted by Crippen LogP contribution is 2.61. The van der Waals surface area contributed by atoms with Crippen LogP contribution in [0.15, 0.2) is 35.2 Å². The summed E-state index contributed by atoms with van der Waals surface area (Å²) in [6.45, 7) is 2.16. The summed E-state index contributed by atoms with van der Waals surface area (Å²) in [5, 5.41) is 3.24. The molecule has 1 N–H and O–H groups in total. The summed E-state index contributed by atoms with van der Waals surface area (Å²) in [6, 6.07) is 8.61. The highest BCUT2D eigenvalue weighted by Gasteiger charge is 2.53. The van der Waals surface area contributed by atoms with Crippen molar-refractivity contribution in [2.45, 2.75) is 69.2 Å². The van der Waals surface area contributed by atoms with E-state index < -0.39 is 9.84 Å². The Morgan fingerprint density at radius 2 is 1.63 bits per heavy atom. The number of carbonyl (C=O) groups excluding carboxylic acids is 1. The molecule has 5 heteroatoms. The van der Waals surface area contributed by atoms with Gasteiger partial charge in [0.25, 0.3) is 0 Å². The van der Waals surface area contributed by atoms with Crippen LogP contribution in [0, 0.1) is 23.2 Å². The zero-order chi connectivity index (χ0) is 19.1. The van der Waals surface area contributed by atoms with E-state index in [0.29, 0.717) is 4.90 Å². The van der Waals surface area contributed by atoms with Crippen molar-refractivity contribution in [2.24, 2.45) is 23.2 Å². The van der Waals surface area contributed by atoms with Gasteiger partial charge in [-0.3, -0.25) is 4.79 Å². The van der Waals surface area contributed by atoms with E-state index in [9.17, 15) is 13.2 Å². The van der Waals surface area contributed by atoms with Crippen LogP contribution in [-0.2, 0) is 14.6 Å². The molecule has 4 aliphatic carbocycles. The molecule has 148 valence electrons. The highest BCUT2D eigenvalue weighted by molar-refractivity contribution is 7.91. The molecule has 1 aromatic rings. The molecule has 4 bridgehead atoms. The van der Waals surface area contributed by atoms with Gasteiger partial charge in [-0.15, -0.1) is 0 Å². The van der Waals surface area contributed by atoms with Gasteiger partial charge in [-0.25, -0.2) is 8.42 Å². The summed E-state index contributed by atoms with van der Waals surface area (Å²) in [4.78, 5) is 12.9. The van der Waals surface area contributed by atoms with E-state index >= 15 is 0 Å². The second kappa shape index (κ2) is 7.23. The maximum atomic E-state index is 12.6. The number of rotatable bonds is 7. The quantitative estimate of drug-likeness (QED) is 0.768. The summed E-state index contributed by atoms with van der Waals surface area (Å²) in [5.74, 6) is 2.30. The number of nitrogens with one attached hydrogen (secondary N) is 1. The lowest BCUT2D eigenvalue weighted by Gasteiger charge is -2.59. The first kappa shape index (κ1) is 19.0. The van der Waals surface area contributed by atoms with Crippen LogP contribution in [0.3, 0.4) is 0 Å². The maximum absolute atomic E-state index is 12.6. The van der Waals surface area contributed by atoms with E-state index in [4.69, 9.17) is 0 Å².